The number of fused-ring (bicyclic) bond motifs is 1. The lowest BCUT2D eigenvalue weighted by molar-refractivity contribution is -0.113. The van der Waals surface area contributed by atoms with E-state index in [1.807, 2.05) is 67.6 Å². The van der Waals surface area contributed by atoms with Crippen molar-refractivity contribution in [3.05, 3.63) is 99.7 Å². The molecule has 0 fully saturated rings. The summed E-state index contributed by atoms with van der Waals surface area (Å²) in [6.45, 7) is 1.84. The van der Waals surface area contributed by atoms with E-state index in [9.17, 15) is 4.79 Å². The molecule has 176 valence electrons. The van der Waals surface area contributed by atoms with Crippen LogP contribution in [0.3, 0.4) is 0 Å². The van der Waals surface area contributed by atoms with E-state index in [-0.39, 0.29) is 5.91 Å². The maximum absolute atomic E-state index is 13.6. The first-order chi connectivity index (χ1) is 17.0. The Labute approximate surface area is 212 Å². The summed E-state index contributed by atoms with van der Waals surface area (Å²) in [5.41, 5.74) is 3.30. The molecule has 0 saturated heterocycles. The molecule has 0 aliphatic carbocycles. The lowest BCUT2D eigenvalue weighted by atomic mass is 9.95. The lowest BCUT2D eigenvalue weighted by Crippen LogP contribution is -2.31. The zero-order valence-electron chi connectivity index (χ0n) is 18.9. The quantitative estimate of drug-likeness (QED) is 0.338. The highest BCUT2D eigenvalue weighted by molar-refractivity contribution is 6.42. The first-order valence-corrected chi connectivity index (χ1v) is 11.6. The Morgan fingerprint density at radius 3 is 2.51 bits per heavy atom. The molecule has 1 aromatic heterocycles. The van der Waals surface area contributed by atoms with Crippen LogP contribution in [0.25, 0.3) is 11.4 Å². The van der Waals surface area contributed by atoms with Gasteiger partial charge in [0, 0.05) is 11.4 Å². The molecule has 2 heterocycles. The number of para-hydroxylation sites is 2. The van der Waals surface area contributed by atoms with Gasteiger partial charge in [-0.2, -0.15) is 4.98 Å². The smallest absolute Gasteiger partial charge is 0.255 e. The summed E-state index contributed by atoms with van der Waals surface area (Å²) < 4.78 is 7.19. The number of ether oxygens (including phenoxy) is 1. The van der Waals surface area contributed by atoms with Crippen molar-refractivity contribution in [3.8, 4) is 17.1 Å². The first-order valence-electron chi connectivity index (χ1n) is 10.9. The molecule has 1 amide bonds. The molecule has 0 radical (unpaired) electrons. The van der Waals surface area contributed by atoms with E-state index in [1.165, 1.54) is 0 Å². The fourth-order valence-corrected chi connectivity index (χ4v) is 4.41. The minimum Gasteiger partial charge on any atom is -0.496 e. The van der Waals surface area contributed by atoms with Gasteiger partial charge in [-0.25, -0.2) is 4.68 Å². The van der Waals surface area contributed by atoms with E-state index < -0.39 is 6.04 Å². The Bertz CT molecular complexity index is 1450. The molecule has 2 N–H and O–H groups in total. The van der Waals surface area contributed by atoms with E-state index >= 15 is 0 Å². The number of carbonyl (C=O) groups excluding carboxylic acids is 1. The summed E-state index contributed by atoms with van der Waals surface area (Å²) in [6.07, 6.45) is 0. The number of hydrogen-bond donors (Lipinski definition) is 2. The minimum atomic E-state index is -0.597. The van der Waals surface area contributed by atoms with Crippen LogP contribution in [0.1, 0.15) is 18.5 Å². The number of nitrogens with one attached hydrogen (secondary N) is 2. The molecule has 1 aliphatic rings. The van der Waals surface area contributed by atoms with Crippen LogP contribution in [0.4, 0.5) is 11.6 Å². The highest BCUT2D eigenvalue weighted by atomic mass is 35.5. The van der Waals surface area contributed by atoms with Gasteiger partial charge in [0.25, 0.3) is 5.91 Å². The van der Waals surface area contributed by atoms with E-state index in [0.717, 1.165) is 11.1 Å². The monoisotopic (exact) mass is 505 g/mol. The maximum Gasteiger partial charge on any atom is 0.255 e. The van der Waals surface area contributed by atoms with Gasteiger partial charge in [-0.05, 0) is 48.9 Å². The third-order valence-corrected chi connectivity index (χ3v) is 6.48. The van der Waals surface area contributed by atoms with Crippen LogP contribution in [0.15, 0.2) is 84.1 Å². The van der Waals surface area contributed by atoms with Gasteiger partial charge in [0.05, 0.1) is 28.3 Å². The zero-order chi connectivity index (χ0) is 24.5. The van der Waals surface area contributed by atoms with Gasteiger partial charge in [0.1, 0.15) is 11.8 Å². The predicted molar refractivity (Wildman–Crippen MR) is 138 cm³/mol. The SMILES string of the molecule is COc1ccccc1-c1nc2n(n1)C(c1ccc(Cl)c(Cl)c1)C(C(=O)Nc1ccccc1)=C(C)N2. The van der Waals surface area contributed by atoms with Crippen molar-refractivity contribution in [2.24, 2.45) is 0 Å². The molecule has 0 saturated carbocycles. The largest absolute Gasteiger partial charge is 0.496 e. The lowest BCUT2D eigenvalue weighted by Gasteiger charge is -2.29. The second kappa shape index (κ2) is 9.44. The highest BCUT2D eigenvalue weighted by Crippen LogP contribution is 2.39. The average Bonchev–Trinajstić information content (AvgIpc) is 3.28. The van der Waals surface area contributed by atoms with Crippen LogP contribution in [0.5, 0.6) is 5.75 Å². The Balaban J connectivity index is 1.64. The average molecular weight is 506 g/mol. The number of hydrogen-bond acceptors (Lipinski definition) is 5. The first kappa shape index (κ1) is 23.0. The van der Waals surface area contributed by atoms with Gasteiger partial charge in [0.2, 0.25) is 5.95 Å². The van der Waals surface area contributed by atoms with Crippen molar-refractivity contribution in [2.75, 3.05) is 17.7 Å². The van der Waals surface area contributed by atoms with Crippen LogP contribution in [-0.4, -0.2) is 27.8 Å². The molecular weight excluding hydrogens is 485 g/mol. The third-order valence-electron chi connectivity index (χ3n) is 5.74. The van der Waals surface area contributed by atoms with Gasteiger partial charge in [-0.3, -0.25) is 4.79 Å². The number of nitrogens with zero attached hydrogens (tertiary/aromatic N) is 3. The summed E-state index contributed by atoms with van der Waals surface area (Å²) in [5, 5.41) is 11.8. The molecule has 1 atom stereocenters. The topological polar surface area (TPSA) is 81.1 Å². The van der Waals surface area contributed by atoms with Crippen molar-refractivity contribution < 1.29 is 9.53 Å². The Hall–Kier alpha value is -3.81. The molecule has 4 aromatic rings. The molecule has 1 unspecified atom stereocenters. The van der Waals surface area contributed by atoms with Crippen molar-refractivity contribution in [3.63, 3.8) is 0 Å². The molecule has 5 rings (SSSR count). The summed E-state index contributed by atoms with van der Waals surface area (Å²) in [7, 11) is 1.60. The summed E-state index contributed by atoms with van der Waals surface area (Å²) in [4.78, 5) is 18.3. The Morgan fingerprint density at radius 1 is 1.03 bits per heavy atom. The zero-order valence-corrected chi connectivity index (χ0v) is 20.4. The van der Waals surface area contributed by atoms with E-state index in [4.69, 9.17) is 38.0 Å². The standard InChI is InChI=1S/C26H21Cl2N5O2/c1-15-22(25(34)30-17-8-4-3-5-9-17)23(16-12-13-19(27)20(28)14-16)33-26(29-15)31-24(32-33)18-10-6-7-11-21(18)35-2/h3-14,23H,1-2H3,(H,30,34)(H,29,31,32). The van der Waals surface area contributed by atoms with E-state index in [0.29, 0.717) is 44.5 Å². The van der Waals surface area contributed by atoms with Crippen LogP contribution >= 0.6 is 23.2 Å². The Kier molecular flexibility index (Phi) is 6.19. The van der Waals surface area contributed by atoms with Gasteiger partial charge < -0.3 is 15.4 Å². The van der Waals surface area contributed by atoms with Crippen molar-refractivity contribution in [1.29, 1.82) is 0 Å². The van der Waals surface area contributed by atoms with E-state index in [2.05, 4.69) is 10.6 Å². The number of halogens is 2. The van der Waals surface area contributed by atoms with Crippen LogP contribution in [0.2, 0.25) is 10.0 Å². The number of carbonyl (C=O) groups is 1. The molecule has 7 nitrogen and oxygen atoms in total. The number of amides is 1. The number of aromatic nitrogens is 3. The van der Waals surface area contributed by atoms with Crippen LogP contribution in [0, 0.1) is 0 Å². The number of benzene rings is 3. The molecule has 0 bridgehead atoms. The molecule has 1 aliphatic heterocycles. The fraction of sp³-hybridized carbons (Fsp3) is 0.115. The summed E-state index contributed by atoms with van der Waals surface area (Å²) >= 11 is 12.6. The van der Waals surface area contributed by atoms with Gasteiger partial charge in [0.15, 0.2) is 5.82 Å². The summed E-state index contributed by atoms with van der Waals surface area (Å²) in [6, 6.07) is 21.5. The minimum absolute atomic E-state index is 0.266. The molecule has 9 heteroatoms. The highest BCUT2D eigenvalue weighted by Gasteiger charge is 2.35. The van der Waals surface area contributed by atoms with Crippen molar-refractivity contribution in [2.45, 2.75) is 13.0 Å². The van der Waals surface area contributed by atoms with Crippen molar-refractivity contribution >= 4 is 40.7 Å². The number of allylic oxidation sites excluding steroid dienone is 1. The fourth-order valence-electron chi connectivity index (χ4n) is 4.10. The number of methoxy groups -OCH3 is 1. The maximum atomic E-state index is 13.6. The van der Waals surface area contributed by atoms with Crippen LogP contribution in [-0.2, 0) is 4.79 Å². The van der Waals surface area contributed by atoms with E-state index in [1.54, 1.807) is 23.9 Å². The Morgan fingerprint density at radius 2 is 1.77 bits per heavy atom. The van der Waals surface area contributed by atoms with Gasteiger partial charge in [-0.1, -0.05) is 59.6 Å². The molecule has 0 spiro atoms. The number of rotatable bonds is 5. The van der Waals surface area contributed by atoms with Gasteiger partial charge in [-0.15, -0.1) is 5.10 Å². The molecule has 3 aromatic carbocycles. The third kappa shape index (κ3) is 4.36. The second-order valence-corrected chi connectivity index (χ2v) is 8.78. The van der Waals surface area contributed by atoms with Gasteiger partial charge >= 0.3 is 0 Å². The number of anilines is 2. The van der Waals surface area contributed by atoms with Crippen molar-refractivity contribution in [1.82, 2.24) is 14.8 Å². The van der Waals surface area contributed by atoms with Crippen LogP contribution < -0.4 is 15.4 Å². The normalized spacial score (nSPS) is 14.8. The second-order valence-electron chi connectivity index (χ2n) is 7.96. The summed E-state index contributed by atoms with van der Waals surface area (Å²) in [5.74, 6) is 1.34. The predicted octanol–water partition coefficient (Wildman–Crippen LogP) is 6.19. The molecule has 35 heavy (non-hydrogen) atoms. The molecular formula is C26H21Cl2N5O2.